The molecule has 0 radical (unpaired) electrons. The minimum Gasteiger partial charge on any atom is -0.466 e. The van der Waals surface area contributed by atoms with Crippen LogP contribution in [0.4, 0.5) is 0 Å². The van der Waals surface area contributed by atoms with Crippen LogP contribution in [0.15, 0.2) is 28.7 Å². The number of rotatable bonds is 12. The molecule has 1 rings (SSSR count). The van der Waals surface area contributed by atoms with Crippen molar-refractivity contribution in [1.82, 2.24) is 0 Å². The Bertz CT molecular complexity index is 502. The van der Waals surface area contributed by atoms with Crippen LogP contribution in [0, 0.1) is 0 Å². The molecule has 0 aliphatic rings. The summed E-state index contributed by atoms with van der Waals surface area (Å²) in [5.41, 5.74) is 1.09. The number of halogens is 1. The molecule has 0 unspecified atom stereocenters. The highest BCUT2D eigenvalue weighted by molar-refractivity contribution is 9.10. The molecule has 0 bridgehead atoms. The third kappa shape index (κ3) is 9.71. The fourth-order valence-corrected chi connectivity index (χ4v) is 2.70. The molecule has 1 aromatic rings. The second-order valence-electron chi connectivity index (χ2n) is 5.70. The van der Waals surface area contributed by atoms with Gasteiger partial charge in [-0.25, -0.2) is 0 Å². The third-order valence-corrected chi connectivity index (χ3v) is 4.41. The zero-order valence-corrected chi connectivity index (χ0v) is 16.0. The van der Waals surface area contributed by atoms with Crippen LogP contribution in [0.25, 0.3) is 0 Å². The van der Waals surface area contributed by atoms with Gasteiger partial charge >= 0.3 is 11.9 Å². The van der Waals surface area contributed by atoms with Crippen LogP contribution in [0.1, 0.15) is 57.4 Å². The van der Waals surface area contributed by atoms with E-state index in [4.69, 9.17) is 9.47 Å². The van der Waals surface area contributed by atoms with E-state index in [9.17, 15) is 9.59 Å². The predicted molar refractivity (Wildman–Crippen MR) is 97.8 cm³/mol. The van der Waals surface area contributed by atoms with E-state index in [1.54, 1.807) is 0 Å². The monoisotopic (exact) mass is 398 g/mol. The van der Waals surface area contributed by atoms with Gasteiger partial charge in [0.25, 0.3) is 0 Å². The first-order chi connectivity index (χ1) is 11.6. The number of carbonyl (C=O) groups is 2. The molecule has 0 atom stereocenters. The van der Waals surface area contributed by atoms with Crippen molar-refractivity contribution in [3.8, 4) is 0 Å². The van der Waals surface area contributed by atoms with Crippen LogP contribution >= 0.6 is 15.9 Å². The summed E-state index contributed by atoms with van der Waals surface area (Å²) in [5, 5.41) is 0. The topological polar surface area (TPSA) is 52.6 Å². The normalized spacial score (nSPS) is 10.4. The lowest BCUT2D eigenvalue weighted by Gasteiger charge is -2.07. The van der Waals surface area contributed by atoms with Gasteiger partial charge in [0.1, 0.15) is 0 Å². The van der Waals surface area contributed by atoms with Crippen LogP contribution < -0.4 is 0 Å². The zero-order valence-electron chi connectivity index (χ0n) is 14.4. The lowest BCUT2D eigenvalue weighted by atomic mass is 10.2. The summed E-state index contributed by atoms with van der Waals surface area (Å²) in [4.78, 5) is 23.2. The number of hydrogen-bond acceptors (Lipinski definition) is 4. The Hall–Kier alpha value is -1.36. The Morgan fingerprint density at radius 3 is 2.21 bits per heavy atom. The number of benzene rings is 1. The quantitative estimate of drug-likeness (QED) is 0.373. The molecule has 0 aromatic heterocycles. The molecule has 5 heteroatoms. The van der Waals surface area contributed by atoms with Gasteiger partial charge in [-0.05, 0) is 18.1 Å². The third-order valence-electron chi connectivity index (χ3n) is 3.64. The Kier molecular flexibility index (Phi) is 11.2. The second-order valence-corrected chi connectivity index (χ2v) is 6.55. The van der Waals surface area contributed by atoms with Crippen LogP contribution in [0.3, 0.4) is 0 Å². The van der Waals surface area contributed by atoms with Gasteiger partial charge in [0.2, 0.25) is 0 Å². The van der Waals surface area contributed by atoms with E-state index in [-0.39, 0.29) is 24.8 Å². The summed E-state index contributed by atoms with van der Waals surface area (Å²) >= 11 is 3.46. The van der Waals surface area contributed by atoms with Crippen molar-refractivity contribution >= 4 is 27.9 Å². The molecule has 0 saturated carbocycles. The Labute approximate surface area is 153 Å². The summed E-state index contributed by atoms with van der Waals surface area (Å²) in [6, 6.07) is 7.82. The molecule has 0 saturated heterocycles. The first-order valence-electron chi connectivity index (χ1n) is 8.68. The molecular formula is C19H27BrO4. The van der Waals surface area contributed by atoms with Crippen LogP contribution in [-0.2, 0) is 25.5 Å². The Morgan fingerprint density at radius 2 is 1.54 bits per heavy atom. The summed E-state index contributed by atoms with van der Waals surface area (Å²) in [6.45, 7) is 2.92. The van der Waals surface area contributed by atoms with Gasteiger partial charge in [0.05, 0.1) is 26.1 Å². The summed E-state index contributed by atoms with van der Waals surface area (Å²) in [6.07, 6.45) is 6.38. The molecule has 0 heterocycles. The molecule has 0 aliphatic carbocycles. The predicted octanol–water partition coefficient (Wildman–Crippen LogP) is 4.83. The lowest BCUT2D eigenvalue weighted by molar-refractivity contribution is -0.150. The van der Waals surface area contributed by atoms with Gasteiger partial charge in [-0.2, -0.15) is 0 Å². The number of esters is 2. The molecule has 24 heavy (non-hydrogen) atoms. The summed E-state index contributed by atoms with van der Waals surface area (Å²) in [7, 11) is 0. The van der Waals surface area contributed by atoms with E-state index in [0.29, 0.717) is 19.6 Å². The highest BCUT2D eigenvalue weighted by Gasteiger charge is 2.09. The van der Waals surface area contributed by atoms with E-state index >= 15 is 0 Å². The summed E-state index contributed by atoms with van der Waals surface area (Å²) < 4.78 is 11.3. The van der Waals surface area contributed by atoms with Gasteiger partial charge in [-0.1, -0.05) is 66.7 Å². The van der Waals surface area contributed by atoms with Crippen molar-refractivity contribution in [3.63, 3.8) is 0 Å². The number of carbonyl (C=O) groups excluding carboxylic acids is 2. The number of hydrogen-bond donors (Lipinski definition) is 0. The van der Waals surface area contributed by atoms with E-state index in [1.807, 2.05) is 24.3 Å². The van der Waals surface area contributed by atoms with E-state index in [1.165, 1.54) is 19.3 Å². The summed E-state index contributed by atoms with van der Waals surface area (Å²) in [5.74, 6) is -0.685. The minimum atomic E-state index is -0.359. The van der Waals surface area contributed by atoms with E-state index in [2.05, 4.69) is 22.9 Å². The molecule has 0 fully saturated rings. The number of unbranched alkanes of at least 4 members (excludes halogenated alkanes) is 4. The molecule has 0 amide bonds. The van der Waals surface area contributed by atoms with Crippen molar-refractivity contribution in [2.24, 2.45) is 0 Å². The van der Waals surface area contributed by atoms with Gasteiger partial charge in [-0.15, -0.1) is 0 Å². The van der Waals surface area contributed by atoms with Crippen LogP contribution in [0.2, 0.25) is 0 Å². The van der Waals surface area contributed by atoms with Gasteiger partial charge < -0.3 is 9.47 Å². The fraction of sp³-hybridized carbons (Fsp3) is 0.579. The molecule has 0 spiro atoms. The molecule has 0 aliphatic heterocycles. The fourth-order valence-electron chi connectivity index (χ4n) is 2.22. The van der Waals surface area contributed by atoms with Crippen molar-refractivity contribution in [2.75, 3.05) is 13.2 Å². The first kappa shape index (κ1) is 20.7. The highest BCUT2D eigenvalue weighted by atomic mass is 79.9. The highest BCUT2D eigenvalue weighted by Crippen LogP contribution is 2.16. The maximum atomic E-state index is 11.6. The Morgan fingerprint density at radius 1 is 0.917 bits per heavy atom. The molecule has 134 valence electrons. The Balaban J connectivity index is 2.04. The zero-order chi connectivity index (χ0) is 17.6. The van der Waals surface area contributed by atoms with E-state index in [0.717, 1.165) is 22.9 Å². The van der Waals surface area contributed by atoms with Crippen molar-refractivity contribution in [3.05, 3.63) is 34.3 Å². The first-order valence-corrected chi connectivity index (χ1v) is 9.47. The number of ether oxygens (including phenoxy) is 2. The SMILES string of the molecule is CCCCCCCOC(=O)CCC(=O)OCCc1ccccc1Br. The van der Waals surface area contributed by atoms with Gasteiger partial charge in [0.15, 0.2) is 0 Å². The lowest BCUT2D eigenvalue weighted by Crippen LogP contribution is -2.12. The van der Waals surface area contributed by atoms with Crippen LogP contribution in [0.5, 0.6) is 0 Å². The second kappa shape index (κ2) is 13.0. The molecule has 0 N–H and O–H groups in total. The van der Waals surface area contributed by atoms with E-state index < -0.39 is 0 Å². The smallest absolute Gasteiger partial charge is 0.306 e. The van der Waals surface area contributed by atoms with Crippen LogP contribution in [-0.4, -0.2) is 25.2 Å². The maximum absolute atomic E-state index is 11.6. The van der Waals surface area contributed by atoms with Crippen molar-refractivity contribution in [1.29, 1.82) is 0 Å². The maximum Gasteiger partial charge on any atom is 0.306 e. The van der Waals surface area contributed by atoms with Crippen molar-refractivity contribution in [2.45, 2.75) is 58.3 Å². The van der Waals surface area contributed by atoms with Crippen molar-refractivity contribution < 1.29 is 19.1 Å². The largest absolute Gasteiger partial charge is 0.466 e. The standard InChI is InChI=1S/C19H27BrO4/c1-2-3-4-5-8-14-23-18(21)11-12-19(22)24-15-13-16-9-6-7-10-17(16)20/h6-7,9-10H,2-5,8,11-15H2,1H3. The molecular weight excluding hydrogens is 372 g/mol. The molecule has 1 aromatic carbocycles. The minimum absolute atomic E-state index is 0.0740. The van der Waals surface area contributed by atoms with Gasteiger partial charge in [0, 0.05) is 10.9 Å². The molecule has 4 nitrogen and oxygen atoms in total. The average Bonchev–Trinajstić information content (AvgIpc) is 2.58. The average molecular weight is 399 g/mol. The van der Waals surface area contributed by atoms with Gasteiger partial charge in [-0.3, -0.25) is 9.59 Å².